The Hall–Kier alpha value is -3.21. The van der Waals surface area contributed by atoms with Crippen LogP contribution < -0.4 is 0 Å². The Kier molecular flexibility index (Phi) is 2.70. The van der Waals surface area contributed by atoms with Crippen LogP contribution in [0.25, 0.3) is 0 Å². The summed E-state index contributed by atoms with van der Waals surface area (Å²) in [5, 5.41) is 8.76. The van der Waals surface area contributed by atoms with Crippen molar-refractivity contribution in [2.24, 2.45) is 15.2 Å². The number of aromatic nitrogens is 2. The lowest BCUT2D eigenvalue weighted by molar-refractivity contribution is 0.647. The Morgan fingerprint density at radius 3 is 2.88 bits per heavy atom. The summed E-state index contributed by atoms with van der Waals surface area (Å²) in [7, 11) is 0. The minimum atomic E-state index is -0.627. The van der Waals surface area contributed by atoms with Crippen molar-refractivity contribution in [3.05, 3.63) is 95.3 Å². The highest BCUT2D eigenvalue weighted by Crippen LogP contribution is 2.49. The Morgan fingerprint density at radius 1 is 0.958 bits per heavy atom. The zero-order valence-electron chi connectivity index (χ0n) is 12.8. The van der Waals surface area contributed by atoms with Crippen molar-refractivity contribution < 1.29 is 0 Å². The predicted molar refractivity (Wildman–Crippen MR) is 91.4 cm³/mol. The second-order valence-electron chi connectivity index (χ2n) is 5.87. The maximum Gasteiger partial charge on any atom is 0.199 e. The Morgan fingerprint density at radius 2 is 1.96 bits per heavy atom. The summed E-state index contributed by atoms with van der Waals surface area (Å²) in [5.41, 5.74) is 4.38. The number of nitrogens with zero attached hydrogens (tertiary/aromatic N) is 5. The Balaban J connectivity index is 1.77. The van der Waals surface area contributed by atoms with E-state index in [1.54, 1.807) is 18.6 Å². The van der Waals surface area contributed by atoms with Gasteiger partial charge in [-0.1, -0.05) is 42.5 Å². The van der Waals surface area contributed by atoms with Crippen molar-refractivity contribution in [1.29, 1.82) is 0 Å². The smallest absolute Gasteiger partial charge is 0.199 e. The molecule has 114 valence electrons. The summed E-state index contributed by atoms with van der Waals surface area (Å²) >= 11 is 0. The van der Waals surface area contributed by atoms with Crippen molar-refractivity contribution >= 4 is 5.84 Å². The maximum absolute atomic E-state index is 5.03. The summed E-state index contributed by atoms with van der Waals surface area (Å²) in [6, 6.07) is 0. The van der Waals surface area contributed by atoms with E-state index < -0.39 is 5.54 Å². The van der Waals surface area contributed by atoms with Crippen LogP contribution in [0.4, 0.5) is 0 Å². The first kappa shape index (κ1) is 13.2. The van der Waals surface area contributed by atoms with Crippen molar-refractivity contribution in [3.63, 3.8) is 0 Å². The standard InChI is InChI=1S/C19H13N5/c1-2-6-15-13(4-1)8-9-14-5-3-7-17-19(14,15)22-18(24-23-17)16-12-20-10-11-21-16/h1-3,5-12H,4H2. The number of azo groups is 1. The number of allylic oxidation sites excluding steroid dienone is 7. The molecule has 5 heteroatoms. The number of hydrogen-bond acceptors (Lipinski definition) is 5. The van der Waals surface area contributed by atoms with E-state index in [-0.39, 0.29) is 0 Å². The van der Waals surface area contributed by atoms with Crippen LogP contribution in [0.1, 0.15) is 12.1 Å². The molecule has 1 unspecified atom stereocenters. The number of hydrogen-bond donors (Lipinski definition) is 0. The molecular weight excluding hydrogens is 298 g/mol. The molecule has 2 heterocycles. The average Bonchev–Trinajstić information content (AvgIpc) is 2.67. The van der Waals surface area contributed by atoms with Gasteiger partial charge in [0.1, 0.15) is 5.69 Å². The highest BCUT2D eigenvalue weighted by atomic mass is 15.2. The molecular formula is C19H13N5. The third kappa shape index (κ3) is 1.72. The highest BCUT2D eigenvalue weighted by molar-refractivity contribution is 5.99. The summed E-state index contributed by atoms with van der Waals surface area (Å²) in [4.78, 5) is 13.5. The van der Waals surface area contributed by atoms with E-state index in [0.29, 0.717) is 11.5 Å². The summed E-state index contributed by atoms with van der Waals surface area (Å²) in [6.07, 6.45) is 22.6. The largest absolute Gasteiger partial charge is 0.261 e. The maximum atomic E-state index is 5.03. The Bertz CT molecular complexity index is 970. The number of amidine groups is 1. The van der Waals surface area contributed by atoms with Crippen LogP contribution in [0.5, 0.6) is 0 Å². The molecule has 1 aliphatic heterocycles. The van der Waals surface area contributed by atoms with E-state index in [2.05, 4.69) is 56.7 Å². The lowest BCUT2D eigenvalue weighted by atomic mass is 9.69. The van der Waals surface area contributed by atoms with Gasteiger partial charge in [-0.15, -0.1) is 5.11 Å². The first-order valence-corrected chi connectivity index (χ1v) is 7.84. The van der Waals surface area contributed by atoms with E-state index >= 15 is 0 Å². The van der Waals surface area contributed by atoms with Crippen LogP contribution >= 0.6 is 0 Å². The normalized spacial score (nSPS) is 26.2. The molecule has 0 radical (unpaired) electrons. The molecule has 3 aliphatic carbocycles. The summed E-state index contributed by atoms with van der Waals surface area (Å²) < 4.78 is 0. The minimum absolute atomic E-state index is 0.512. The van der Waals surface area contributed by atoms with Crippen LogP contribution in [0.15, 0.2) is 105 Å². The first-order chi connectivity index (χ1) is 11.9. The molecule has 24 heavy (non-hydrogen) atoms. The molecule has 0 aromatic carbocycles. The molecule has 0 bridgehead atoms. The van der Waals surface area contributed by atoms with Gasteiger partial charge in [0, 0.05) is 12.4 Å². The topological polar surface area (TPSA) is 62.9 Å². The molecule has 0 saturated carbocycles. The number of rotatable bonds is 1. The lowest BCUT2D eigenvalue weighted by Crippen LogP contribution is -2.39. The van der Waals surface area contributed by atoms with Gasteiger partial charge < -0.3 is 0 Å². The van der Waals surface area contributed by atoms with Gasteiger partial charge in [0.2, 0.25) is 0 Å². The molecule has 1 atom stereocenters. The van der Waals surface area contributed by atoms with E-state index in [0.717, 1.165) is 23.3 Å². The van der Waals surface area contributed by atoms with Crippen molar-refractivity contribution in [1.82, 2.24) is 9.97 Å². The van der Waals surface area contributed by atoms with Gasteiger partial charge in [0.25, 0.3) is 0 Å². The SMILES string of the molecule is C1=CCC2=CC=C3C=CC=C4N=NC(c5cnccn5)=NC34C2=C1. The van der Waals surface area contributed by atoms with Crippen LogP contribution in [0, 0.1) is 0 Å². The summed E-state index contributed by atoms with van der Waals surface area (Å²) in [5.74, 6) is 0.512. The quantitative estimate of drug-likeness (QED) is 0.795. The van der Waals surface area contributed by atoms with Crippen LogP contribution in [0.2, 0.25) is 0 Å². The fourth-order valence-electron chi connectivity index (χ4n) is 3.47. The van der Waals surface area contributed by atoms with Gasteiger partial charge >= 0.3 is 0 Å². The first-order valence-electron chi connectivity index (χ1n) is 7.84. The fourth-order valence-corrected chi connectivity index (χ4v) is 3.47. The molecule has 4 aliphatic rings. The van der Waals surface area contributed by atoms with Gasteiger partial charge in [-0.3, -0.25) is 4.98 Å². The third-order valence-electron chi connectivity index (χ3n) is 4.57. The minimum Gasteiger partial charge on any atom is -0.261 e. The molecule has 5 rings (SSSR count). The second kappa shape index (κ2) is 4.89. The van der Waals surface area contributed by atoms with Gasteiger partial charge in [0.15, 0.2) is 11.4 Å². The van der Waals surface area contributed by atoms with Gasteiger partial charge in [-0.05, 0) is 29.2 Å². The van der Waals surface area contributed by atoms with Crippen LogP contribution in [-0.2, 0) is 0 Å². The monoisotopic (exact) mass is 311 g/mol. The molecule has 5 nitrogen and oxygen atoms in total. The highest BCUT2D eigenvalue weighted by Gasteiger charge is 2.47. The molecule has 1 aromatic heterocycles. The molecule has 0 fully saturated rings. The van der Waals surface area contributed by atoms with Gasteiger partial charge in [-0.2, -0.15) is 5.11 Å². The third-order valence-corrected chi connectivity index (χ3v) is 4.57. The molecule has 0 saturated heterocycles. The predicted octanol–water partition coefficient (Wildman–Crippen LogP) is 3.63. The second-order valence-corrected chi connectivity index (χ2v) is 5.87. The Labute approximate surface area is 139 Å². The van der Waals surface area contributed by atoms with Crippen LogP contribution in [-0.4, -0.2) is 21.3 Å². The zero-order chi connectivity index (χ0) is 16.0. The van der Waals surface area contributed by atoms with Crippen LogP contribution in [0.3, 0.4) is 0 Å². The van der Waals surface area contributed by atoms with Crippen molar-refractivity contribution in [3.8, 4) is 0 Å². The lowest BCUT2D eigenvalue weighted by Gasteiger charge is -2.40. The van der Waals surface area contributed by atoms with Crippen molar-refractivity contribution in [2.75, 3.05) is 0 Å². The summed E-state index contributed by atoms with van der Waals surface area (Å²) in [6.45, 7) is 0. The number of aliphatic imine (C=N–C) groups is 1. The number of fused-ring (bicyclic) bond motifs is 1. The molecule has 0 N–H and O–H groups in total. The fraction of sp³-hybridized carbons (Fsp3) is 0.105. The zero-order valence-corrected chi connectivity index (χ0v) is 12.8. The molecule has 1 spiro atoms. The van der Waals surface area contributed by atoms with Gasteiger partial charge in [-0.25, -0.2) is 9.98 Å². The average molecular weight is 311 g/mol. The molecule has 0 amide bonds. The van der Waals surface area contributed by atoms with E-state index in [1.165, 1.54) is 5.57 Å². The van der Waals surface area contributed by atoms with E-state index in [1.807, 2.05) is 12.2 Å². The van der Waals surface area contributed by atoms with E-state index in [9.17, 15) is 0 Å². The van der Waals surface area contributed by atoms with Gasteiger partial charge in [0.05, 0.1) is 11.9 Å². The molecule has 1 aromatic rings. The van der Waals surface area contributed by atoms with E-state index in [4.69, 9.17) is 4.99 Å². The van der Waals surface area contributed by atoms with Crippen molar-refractivity contribution in [2.45, 2.75) is 12.0 Å².